The molecule has 1 aliphatic heterocycles. The Hall–Kier alpha value is 0.359. The second-order valence-electron chi connectivity index (χ2n) is 5.18. The predicted molar refractivity (Wildman–Crippen MR) is 88.6 cm³/mol. The molecule has 0 spiro atoms. The van der Waals surface area contributed by atoms with Gasteiger partial charge in [0.1, 0.15) is 5.60 Å². The van der Waals surface area contributed by atoms with Gasteiger partial charge in [0.2, 0.25) is 7.28 Å². The van der Waals surface area contributed by atoms with E-state index in [2.05, 4.69) is 7.11 Å². The summed E-state index contributed by atoms with van der Waals surface area (Å²) in [6.07, 6.45) is 0.571. The Morgan fingerprint density at radius 3 is 2.83 bits per heavy atom. The minimum absolute atomic E-state index is 0. The zero-order chi connectivity index (χ0) is 16.2. The number of hydrogen-bond donors (Lipinski definition) is 0. The third-order valence-corrected chi connectivity index (χ3v) is 4.58. The molecule has 122 valence electrons. The van der Waals surface area contributed by atoms with Crippen molar-refractivity contribution in [3.8, 4) is 0 Å². The number of benzene rings is 1. The maximum absolute atomic E-state index is 12.0. The summed E-state index contributed by atoms with van der Waals surface area (Å²) in [5.41, 5.74) is 0.218. The van der Waals surface area contributed by atoms with Crippen molar-refractivity contribution in [2.75, 3.05) is 26.3 Å². The predicted octanol–water partition coefficient (Wildman–Crippen LogP) is 3.59. The molecule has 0 bridgehead atoms. The Morgan fingerprint density at radius 2 is 2.22 bits per heavy atom. The number of halogens is 2. The molecule has 1 aromatic rings. The van der Waals surface area contributed by atoms with Gasteiger partial charge in [-0.2, -0.15) is 0 Å². The maximum Gasteiger partial charge on any atom is 0.229 e. The van der Waals surface area contributed by atoms with Gasteiger partial charge in [0.25, 0.3) is 0 Å². The summed E-state index contributed by atoms with van der Waals surface area (Å²) in [7, 11) is 4.97. The molecule has 0 saturated carbocycles. The molecule has 0 aliphatic carbocycles. The van der Waals surface area contributed by atoms with E-state index in [-0.39, 0.29) is 38.5 Å². The molecule has 1 aliphatic rings. The van der Waals surface area contributed by atoms with Gasteiger partial charge >= 0.3 is 0 Å². The molecule has 1 fully saturated rings. The zero-order valence-corrected chi connectivity index (χ0v) is 17.4. The van der Waals surface area contributed by atoms with Gasteiger partial charge in [-0.15, -0.1) is 0 Å². The Kier molecular flexibility index (Phi) is 9.06. The Bertz CT molecular complexity index is 549. The summed E-state index contributed by atoms with van der Waals surface area (Å²) >= 11 is 12.1. The molecule has 1 aromatic carbocycles. The molecular weight excluding hydrogens is 413 g/mol. The topological polar surface area (TPSA) is 38.8 Å². The van der Waals surface area contributed by atoms with Crippen molar-refractivity contribution in [1.29, 1.82) is 0 Å². The molecule has 1 saturated heterocycles. The Labute approximate surface area is 173 Å². The van der Waals surface area contributed by atoms with Gasteiger partial charge in [-0.05, 0) is 17.7 Å². The second-order valence-corrected chi connectivity index (χ2v) is 5.99. The number of morpholine rings is 1. The van der Waals surface area contributed by atoms with Crippen LogP contribution in [0.5, 0.6) is 0 Å². The van der Waals surface area contributed by atoms with Gasteiger partial charge in [0.15, 0.2) is 5.81 Å². The van der Waals surface area contributed by atoms with Crippen LogP contribution in [-0.4, -0.2) is 44.3 Å². The van der Waals surface area contributed by atoms with Gasteiger partial charge in [0.05, 0.1) is 23.2 Å². The number of ether oxygens (including phenoxy) is 2. The molecule has 8 heteroatoms. The van der Waals surface area contributed by atoms with Gasteiger partial charge in [-0.1, -0.05) is 36.1 Å². The minimum Gasteiger partial charge on any atom is -0.555 e. The number of amides is 1. The Morgan fingerprint density at radius 1 is 1.48 bits per heavy atom. The van der Waals surface area contributed by atoms with E-state index in [0.29, 0.717) is 42.8 Å². The maximum atomic E-state index is 12.0. The first kappa shape index (κ1) is 21.4. The summed E-state index contributed by atoms with van der Waals surface area (Å²) in [4.78, 5) is 13.8. The number of rotatable bonds is 5. The largest absolute Gasteiger partial charge is 0.555 e. The SMILES string of the molecule is [CH2-]OCCC1(c2ccc(Cl)c(Cl)c2)CN(C(=O)[B]C)CCO1.[Y]. The fourth-order valence-corrected chi connectivity index (χ4v) is 2.94. The molecule has 2 radical (unpaired) electrons. The molecule has 0 aromatic heterocycles. The van der Waals surface area contributed by atoms with Crippen LogP contribution in [-0.2, 0) is 47.8 Å². The number of carbonyl (C=O) groups is 1. The van der Waals surface area contributed by atoms with Crippen molar-refractivity contribution >= 4 is 36.3 Å². The first-order valence-corrected chi connectivity index (χ1v) is 7.83. The molecule has 1 unspecified atom stereocenters. The number of hydrogen-bond acceptors (Lipinski definition) is 3. The van der Waals surface area contributed by atoms with Gasteiger partial charge in [-0.25, -0.2) is 7.11 Å². The fourth-order valence-electron chi connectivity index (χ4n) is 2.64. The normalized spacial score (nSPS) is 20.8. The van der Waals surface area contributed by atoms with E-state index in [9.17, 15) is 4.79 Å². The molecule has 2 rings (SSSR count). The first-order chi connectivity index (χ1) is 10.5. The van der Waals surface area contributed by atoms with Crippen LogP contribution in [0, 0.1) is 7.11 Å². The summed E-state index contributed by atoms with van der Waals surface area (Å²) in [6.45, 7) is 3.61. The third kappa shape index (κ3) is 5.16. The number of carbonyl (C=O) groups excluding carboxylic acids is 1. The standard InChI is InChI=1S/C15H18BCl2NO3.Y/c1-16-14(20)19-6-8-22-15(10-19,5-7-21-2)11-3-4-12(17)13(18)9-11;/h3-4,9H,2,5-8,10H2,1H3;/q-1;. The second kappa shape index (κ2) is 9.74. The van der Waals surface area contributed by atoms with Crippen LogP contribution in [0.3, 0.4) is 0 Å². The van der Waals surface area contributed by atoms with E-state index in [4.69, 9.17) is 32.7 Å². The fraction of sp³-hybridized carbons (Fsp3) is 0.467. The molecule has 1 atom stereocenters. The molecule has 1 amide bonds. The average molecular weight is 431 g/mol. The third-order valence-electron chi connectivity index (χ3n) is 3.84. The summed E-state index contributed by atoms with van der Waals surface area (Å²) in [5, 5.41) is 0.947. The van der Waals surface area contributed by atoms with Crippen LogP contribution >= 0.6 is 23.2 Å². The van der Waals surface area contributed by atoms with E-state index in [1.807, 2.05) is 6.07 Å². The average Bonchev–Trinajstić information content (AvgIpc) is 2.54. The van der Waals surface area contributed by atoms with Gasteiger partial charge in [0, 0.05) is 52.3 Å². The molecule has 1 heterocycles. The van der Waals surface area contributed by atoms with Crippen LogP contribution in [0.15, 0.2) is 18.2 Å². The van der Waals surface area contributed by atoms with E-state index in [0.717, 1.165) is 5.56 Å². The first-order valence-electron chi connectivity index (χ1n) is 7.07. The molecule has 4 nitrogen and oxygen atoms in total. The monoisotopic (exact) mass is 430 g/mol. The van der Waals surface area contributed by atoms with E-state index in [1.165, 1.54) is 0 Å². The summed E-state index contributed by atoms with van der Waals surface area (Å²) in [6, 6.07) is 5.40. The van der Waals surface area contributed by atoms with Crippen LogP contribution in [0.2, 0.25) is 16.9 Å². The minimum atomic E-state index is -0.664. The van der Waals surface area contributed by atoms with Gasteiger partial charge < -0.3 is 14.4 Å². The summed E-state index contributed by atoms with van der Waals surface area (Å²) in [5.74, 6) is -0.0109. The van der Waals surface area contributed by atoms with Crippen molar-refractivity contribution in [3.05, 3.63) is 40.9 Å². The van der Waals surface area contributed by atoms with Crippen molar-refractivity contribution in [3.63, 3.8) is 0 Å². The zero-order valence-electron chi connectivity index (χ0n) is 13.1. The Balaban J connectivity index is 0.00000264. The number of nitrogens with zero attached hydrogens (tertiary/aromatic N) is 1. The van der Waals surface area contributed by atoms with Crippen LogP contribution in [0.1, 0.15) is 12.0 Å². The van der Waals surface area contributed by atoms with Crippen LogP contribution in [0.4, 0.5) is 4.79 Å². The smallest absolute Gasteiger partial charge is 0.229 e. The molecule has 23 heavy (non-hydrogen) atoms. The van der Waals surface area contributed by atoms with Crippen molar-refractivity contribution in [2.45, 2.75) is 18.8 Å². The van der Waals surface area contributed by atoms with E-state index in [1.54, 1.807) is 31.1 Å². The van der Waals surface area contributed by atoms with Gasteiger partial charge in [-0.3, -0.25) is 4.79 Å². The quantitative estimate of drug-likeness (QED) is 0.529. The van der Waals surface area contributed by atoms with Crippen molar-refractivity contribution < 1.29 is 47.0 Å². The van der Waals surface area contributed by atoms with Crippen molar-refractivity contribution in [2.24, 2.45) is 0 Å². The van der Waals surface area contributed by atoms with Crippen LogP contribution in [0.25, 0.3) is 0 Å². The van der Waals surface area contributed by atoms with E-state index >= 15 is 0 Å². The summed E-state index contributed by atoms with van der Waals surface area (Å²) < 4.78 is 11.0. The van der Waals surface area contributed by atoms with Crippen LogP contribution < -0.4 is 0 Å². The molecule has 0 N–H and O–H groups in total. The van der Waals surface area contributed by atoms with Crippen molar-refractivity contribution in [1.82, 2.24) is 4.90 Å². The van der Waals surface area contributed by atoms with E-state index < -0.39 is 5.60 Å². The molecular formula is C15H18BCl2NO3Y-.